The van der Waals surface area contributed by atoms with Crippen LogP contribution in [0, 0.1) is 6.92 Å². The van der Waals surface area contributed by atoms with Gasteiger partial charge in [-0.25, -0.2) is 15.0 Å². The van der Waals surface area contributed by atoms with Crippen molar-refractivity contribution in [3.63, 3.8) is 0 Å². The van der Waals surface area contributed by atoms with Gasteiger partial charge in [-0.1, -0.05) is 24.3 Å². The fourth-order valence-electron chi connectivity index (χ4n) is 3.40. The third kappa shape index (κ3) is 3.79. The molecular formula is C21H21N5O3. The minimum absolute atomic E-state index is 0.0650. The molecule has 0 bridgehead atoms. The average Bonchev–Trinajstić information content (AvgIpc) is 2.76. The van der Waals surface area contributed by atoms with Crippen molar-refractivity contribution in [2.24, 2.45) is 7.05 Å². The normalized spacial score (nSPS) is 16.6. The van der Waals surface area contributed by atoms with E-state index >= 15 is 0 Å². The van der Waals surface area contributed by atoms with Crippen LogP contribution in [-0.4, -0.2) is 51.1 Å². The Balaban J connectivity index is 1.65. The number of aryl methyl sites for hydroxylation is 1. The summed E-state index contributed by atoms with van der Waals surface area (Å²) in [5.41, 5.74) is 2.40. The number of nitrogens with zero attached hydrogens (tertiary/aromatic N) is 5. The topological polar surface area (TPSA) is 90.2 Å². The predicted octanol–water partition coefficient (Wildman–Crippen LogP) is 1.63. The maximum Gasteiger partial charge on any atom is 0.255 e. The van der Waals surface area contributed by atoms with Gasteiger partial charge in [0.15, 0.2) is 5.78 Å². The number of carbonyl (C=O) groups is 1. The number of hydrogen-bond acceptors (Lipinski definition) is 7. The Kier molecular flexibility index (Phi) is 5.18. The summed E-state index contributed by atoms with van der Waals surface area (Å²) >= 11 is 0. The molecule has 0 radical (unpaired) electrons. The maximum atomic E-state index is 13.0. The highest BCUT2D eigenvalue weighted by Gasteiger charge is 2.30. The second kappa shape index (κ2) is 7.92. The largest absolute Gasteiger partial charge is 0.366 e. The number of ether oxygens (including phenoxy) is 1. The fraction of sp³-hybridized carbons (Fsp3) is 0.286. The zero-order valence-corrected chi connectivity index (χ0v) is 16.3. The van der Waals surface area contributed by atoms with Crippen LogP contribution in [0.4, 0.5) is 5.95 Å². The van der Waals surface area contributed by atoms with Gasteiger partial charge in [-0.15, -0.1) is 0 Å². The van der Waals surface area contributed by atoms with E-state index < -0.39 is 6.10 Å². The molecule has 0 N–H and O–H groups in total. The van der Waals surface area contributed by atoms with E-state index in [0.29, 0.717) is 42.6 Å². The molecule has 8 heteroatoms. The molecule has 1 aliphatic rings. The number of carbonyl (C=O) groups excluding carboxylic acids is 1. The number of aromatic nitrogens is 4. The zero-order valence-electron chi connectivity index (χ0n) is 16.3. The molecule has 1 fully saturated rings. The number of benzene rings is 1. The van der Waals surface area contributed by atoms with E-state index in [1.165, 1.54) is 17.0 Å². The molecule has 3 heterocycles. The molecule has 8 nitrogen and oxygen atoms in total. The Labute approximate surface area is 167 Å². The summed E-state index contributed by atoms with van der Waals surface area (Å²) in [5, 5.41) is 0. The predicted molar refractivity (Wildman–Crippen MR) is 108 cm³/mol. The van der Waals surface area contributed by atoms with Gasteiger partial charge in [0, 0.05) is 31.4 Å². The fourth-order valence-corrected chi connectivity index (χ4v) is 3.40. The van der Waals surface area contributed by atoms with E-state index in [-0.39, 0.29) is 11.3 Å². The van der Waals surface area contributed by atoms with Gasteiger partial charge in [0.2, 0.25) is 5.95 Å². The molecule has 2 aromatic heterocycles. The van der Waals surface area contributed by atoms with Crippen molar-refractivity contribution in [1.82, 2.24) is 19.5 Å². The van der Waals surface area contributed by atoms with Crippen molar-refractivity contribution < 1.29 is 9.53 Å². The van der Waals surface area contributed by atoms with Crippen LogP contribution >= 0.6 is 0 Å². The van der Waals surface area contributed by atoms with E-state index in [0.717, 1.165) is 5.56 Å². The standard InChI is InChI=1S/C21H21N5O3/c1-14-5-3-4-6-15(14)20(28)18-12-26(9-10-29-18)21-24-17(11-19(27)25(21)2)16-7-8-22-13-23-16/h3-8,11,13,18H,9-10,12H2,1-2H3. The summed E-state index contributed by atoms with van der Waals surface area (Å²) in [6, 6.07) is 10.6. The van der Waals surface area contributed by atoms with Gasteiger partial charge >= 0.3 is 0 Å². The van der Waals surface area contributed by atoms with Crippen LogP contribution in [0.5, 0.6) is 0 Å². The molecule has 1 unspecified atom stereocenters. The summed E-state index contributed by atoms with van der Waals surface area (Å²) in [4.78, 5) is 40.1. The molecule has 1 aromatic carbocycles. The number of Topliss-reactive ketones (excluding diaryl/α,β-unsaturated/α-hetero) is 1. The van der Waals surface area contributed by atoms with Crippen LogP contribution in [0.3, 0.4) is 0 Å². The molecule has 0 saturated carbocycles. The third-order valence-corrected chi connectivity index (χ3v) is 5.01. The lowest BCUT2D eigenvalue weighted by Crippen LogP contribution is -2.48. The number of anilines is 1. The smallest absolute Gasteiger partial charge is 0.255 e. The highest BCUT2D eigenvalue weighted by molar-refractivity contribution is 6.01. The van der Waals surface area contributed by atoms with E-state index in [9.17, 15) is 9.59 Å². The summed E-state index contributed by atoms with van der Waals surface area (Å²) in [6.45, 7) is 3.13. The van der Waals surface area contributed by atoms with E-state index in [1.807, 2.05) is 36.1 Å². The van der Waals surface area contributed by atoms with Gasteiger partial charge < -0.3 is 9.64 Å². The van der Waals surface area contributed by atoms with Gasteiger partial charge in [0.1, 0.15) is 12.4 Å². The van der Waals surface area contributed by atoms with Gasteiger partial charge in [-0.05, 0) is 18.6 Å². The van der Waals surface area contributed by atoms with Gasteiger partial charge in [-0.3, -0.25) is 14.2 Å². The first-order valence-corrected chi connectivity index (χ1v) is 9.35. The van der Waals surface area contributed by atoms with Crippen LogP contribution in [-0.2, 0) is 11.8 Å². The molecule has 0 amide bonds. The minimum atomic E-state index is -0.621. The molecule has 1 saturated heterocycles. The molecule has 1 atom stereocenters. The number of morpholine rings is 1. The molecule has 1 aliphatic heterocycles. The molecule has 0 aliphatic carbocycles. The van der Waals surface area contributed by atoms with E-state index in [1.54, 1.807) is 19.3 Å². The lowest BCUT2D eigenvalue weighted by molar-refractivity contribution is 0.0336. The first-order valence-electron chi connectivity index (χ1n) is 9.35. The molecule has 29 heavy (non-hydrogen) atoms. The zero-order chi connectivity index (χ0) is 20.4. The van der Waals surface area contributed by atoms with Crippen molar-refractivity contribution in [3.05, 3.63) is 70.4 Å². The van der Waals surface area contributed by atoms with Crippen molar-refractivity contribution in [1.29, 1.82) is 0 Å². The maximum absolute atomic E-state index is 13.0. The van der Waals surface area contributed by atoms with Crippen molar-refractivity contribution in [3.8, 4) is 11.4 Å². The van der Waals surface area contributed by atoms with Crippen molar-refractivity contribution in [2.45, 2.75) is 13.0 Å². The van der Waals surface area contributed by atoms with Gasteiger partial charge in [-0.2, -0.15) is 0 Å². The monoisotopic (exact) mass is 391 g/mol. The Morgan fingerprint density at radius 2 is 2.03 bits per heavy atom. The van der Waals surface area contributed by atoms with Crippen LogP contribution in [0.15, 0.2) is 53.7 Å². The highest BCUT2D eigenvalue weighted by Crippen LogP contribution is 2.20. The lowest BCUT2D eigenvalue weighted by atomic mass is 10.0. The van der Waals surface area contributed by atoms with E-state index in [2.05, 4.69) is 15.0 Å². The van der Waals surface area contributed by atoms with Crippen LogP contribution in [0.2, 0.25) is 0 Å². The molecule has 0 spiro atoms. The minimum Gasteiger partial charge on any atom is -0.366 e. The Bertz CT molecular complexity index is 1100. The number of hydrogen-bond donors (Lipinski definition) is 0. The summed E-state index contributed by atoms with van der Waals surface area (Å²) in [7, 11) is 1.67. The molecular weight excluding hydrogens is 370 g/mol. The quantitative estimate of drug-likeness (QED) is 0.625. The molecule has 148 valence electrons. The van der Waals surface area contributed by atoms with Gasteiger partial charge in [0.05, 0.1) is 24.5 Å². The van der Waals surface area contributed by atoms with Crippen molar-refractivity contribution in [2.75, 3.05) is 24.6 Å². The molecule has 3 aromatic rings. The third-order valence-electron chi connectivity index (χ3n) is 5.01. The first-order chi connectivity index (χ1) is 14.0. The lowest BCUT2D eigenvalue weighted by Gasteiger charge is -2.33. The van der Waals surface area contributed by atoms with E-state index in [4.69, 9.17) is 4.74 Å². The summed E-state index contributed by atoms with van der Waals surface area (Å²) < 4.78 is 7.24. The first kappa shape index (κ1) is 18.9. The van der Waals surface area contributed by atoms with Crippen LogP contribution < -0.4 is 10.5 Å². The Hall–Kier alpha value is -3.39. The van der Waals surface area contributed by atoms with Crippen LogP contribution in [0.1, 0.15) is 15.9 Å². The van der Waals surface area contributed by atoms with Gasteiger partial charge in [0.25, 0.3) is 5.56 Å². The second-order valence-electron chi connectivity index (χ2n) is 6.92. The Morgan fingerprint density at radius 1 is 1.21 bits per heavy atom. The summed E-state index contributed by atoms with van der Waals surface area (Å²) in [6.07, 6.45) is 2.40. The highest BCUT2D eigenvalue weighted by atomic mass is 16.5. The SMILES string of the molecule is Cc1ccccc1C(=O)C1CN(c2nc(-c3ccncn3)cc(=O)n2C)CCO1. The average molecular weight is 391 g/mol. The second-order valence-corrected chi connectivity index (χ2v) is 6.92. The number of ketones is 1. The summed E-state index contributed by atoms with van der Waals surface area (Å²) in [5.74, 6) is 0.418. The number of rotatable bonds is 4. The Morgan fingerprint density at radius 3 is 2.79 bits per heavy atom. The molecule has 4 rings (SSSR count). The van der Waals surface area contributed by atoms with Crippen molar-refractivity contribution >= 4 is 11.7 Å². The van der Waals surface area contributed by atoms with Crippen LogP contribution in [0.25, 0.3) is 11.4 Å².